The fourth-order valence-corrected chi connectivity index (χ4v) is 4.18. The molecule has 0 saturated heterocycles. The first kappa shape index (κ1) is 18.5. The number of alkyl halides is 1. The molecule has 0 radical (unpaired) electrons. The first-order valence-electron chi connectivity index (χ1n) is 9.62. The van der Waals surface area contributed by atoms with Gasteiger partial charge in [-0.1, -0.05) is 12.1 Å². The molecule has 27 heavy (non-hydrogen) atoms. The SMILES string of the molecule is NC[C@H]1CC[C@H](n2cc3ccc(-c4cnn(C(CO)CCl)c4)cc3n2)CC1. The Kier molecular flexibility index (Phi) is 5.48. The van der Waals surface area contributed by atoms with Gasteiger partial charge in [-0.15, -0.1) is 11.6 Å². The standard InChI is InChI=1S/C20H26ClN5O/c21-8-19(13-27)25-12-17(10-23-25)15-3-4-16-11-26(24-20(16)7-15)18-5-1-14(9-22)2-6-18/h3-4,7,10-12,14,18-19,27H,1-2,5-6,8-9,13,22H2/t14-,18-,19?. The number of hydrogen-bond acceptors (Lipinski definition) is 4. The molecular weight excluding hydrogens is 362 g/mol. The van der Waals surface area contributed by atoms with Crippen LogP contribution in [0.3, 0.4) is 0 Å². The molecule has 1 unspecified atom stereocenters. The third kappa shape index (κ3) is 3.74. The third-order valence-corrected chi connectivity index (χ3v) is 6.10. The Morgan fingerprint density at radius 2 is 2.00 bits per heavy atom. The Morgan fingerprint density at radius 1 is 1.19 bits per heavy atom. The minimum atomic E-state index is -0.202. The van der Waals surface area contributed by atoms with E-state index in [9.17, 15) is 5.11 Å². The topological polar surface area (TPSA) is 81.9 Å². The number of aliphatic hydroxyl groups excluding tert-OH is 1. The van der Waals surface area contributed by atoms with Gasteiger partial charge in [0, 0.05) is 29.2 Å². The van der Waals surface area contributed by atoms with E-state index in [0.717, 1.165) is 41.4 Å². The number of benzene rings is 1. The molecule has 1 aromatic carbocycles. The molecule has 0 bridgehead atoms. The van der Waals surface area contributed by atoms with E-state index >= 15 is 0 Å². The van der Waals surface area contributed by atoms with Crippen LogP contribution in [0.25, 0.3) is 22.0 Å². The fourth-order valence-electron chi connectivity index (χ4n) is 3.94. The average molecular weight is 388 g/mol. The average Bonchev–Trinajstić information content (AvgIpc) is 3.36. The summed E-state index contributed by atoms with van der Waals surface area (Å²) in [6.45, 7) is 0.770. The number of aromatic nitrogens is 4. The van der Waals surface area contributed by atoms with E-state index in [-0.39, 0.29) is 12.6 Å². The Labute approximate surface area is 163 Å². The number of aliphatic hydroxyl groups is 1. The van der Waals surface area contributed by atoms with E-state index in [1.165, 1.54) is 12.8 Å². The number of halogens is 1. The lowest BCUT2D eigenvalue weighted by Gasteiger charge is -2.27. The van der Waals surface area contributed by atoms with Crippen LogP contribution < -0.4 is 5.73 Å². The van der Waals surface area contributed by atoms with Crippen molar-refractivity contribution < 1.29 is 5.11 Å². The molecule has 3 N–H and O–H groups in total. The largest absolute Gasteiger partial charge is 0.394 e. The lowest BCUT2D eigenvalue weighted by Crippen LogP contribution is -2.23. The van der Waals surface area contributed by atoms with Crippen LogP contribution in [-0.4, -0.2) is 43.7 Å². The van der Waals surface area contributed by atoms with Crippen LogP contribution >= 0.6 is 11.6 Å². The van der Waals surface area contributed by atoms with Gasteiger partial charge in [0.15, 0.2) is 0 Å². The predicted octanol–water partition coefficient (Wildman–Crippen LogP) is 3.36. The third-order valence-electron chi connectivity index (χ3n) is 5.75. The molecule has 0 aliphatic heterocycles. The summed E-state index contributed by atoms with van der Waals surface area (Å²) in [6, 6.07) is 6.58. The minimum absolute atomic E-state index is 0.0273. The zero-order valence-corrected chi connectivity index (χ0v) is 16.1. The highest BCUT2D eigenvalue weighted by Gasteiger charge is 2.22. The first-order chi connectivity index (χ1) is 13.2. The van der Waals surface area contributed by atoms with Crippen LogP contribution in [0.15, 0.2) is 36.8 Å². The van der Waals surface area contributed by atoms with E-state index in [1.807, 2.05) is 12.4 Å². The smallest absolute Gasteiger partial charge is 0.0929 e. The quantitative estimate of drug-likeness (QED) is 0.635. The summed E-state index contributed by atoms with van der Waals surface area (Å²) in [7, 11) is 0. The molecule has 144 valence electrons. The summed E-state index contributed by atoms with van der Waals surface area (Å²) in [5.74, 6) is 0.998. The molecule has 3 aromatic rings. The summed E-state index contributed by atoms with van der Waals surface area (Å²) in [6.07, 6.45) is 10.6. The molecule has 2 aromatic heterocycles. The molecule has 0 spiro atoms. The van der Waals surface area contributed by atoms with Gasteiger partial charge in [0.1, 0.15) is 0 Å². The molecule has 1 fully saturated rings. The Balaban J connectivity index is 1.56. The van der Waals surface area contributed by atoms with Crippen LogP contribution in [0.4, 0.5) is 0 Å². The Morgan fingerprint density at radius 3 is 2.70 bits per heavy atom. The van der Waals surface area contributed by atoms with Gasteiger partial charge in [-0.05, 0) is 49.8 Å². The first-order valence-corrected chi connectivity index (χ1v) is 10.2. The van der Waals surface area contributed by atoms with Crippen molar-refractivity contribution in [1.29, 1.82) is 0 Å². The van der Waals surface area contributed by atoms with Crippen LogP contribution in [0.1, 0.15) is 37.8 Å². The van der Waals surface area contributed by atoms with E-state index < -0.39 is 0 Å². The minimum Gasteiger partial charge on any atom is -0.394 e. The lowest BCUT2D eigenvalue weighted by atomic mass is 9.86. The van der Waals surface area contributed by atoms with E-state index in [2.05, 4.69) is 34.2 Å². The number of nitrogens with zero attached hydrogens (tertiary/aromatic N) is 4. The van der Waals surface area contributed by atoms with Crippen molar-refractivity contribution in [2.45, 2.75) is 37.8 Å². The molecule has 1 atom stereocenters. The van der Waals surface area contributed by atoms with Crippen molar-refractivity contribution in [1.82, 2.24) is 19.6 Å². The lowest BCUT2D eigenvalue weighted by molar-refractivity contribution is 0.231. The maximum Gasteiger partial charge on any atom is 0.0929 e. The fraction of sp³-hybridized carbons (Fsp3) is 0.500. The van der Waals surface area contributed by atoms with E-state index in [1.54, 1.807) is 4.68 Å². The Bertz CT molecular complexity index is 893. The summed E-state index contributed by atoms with van der Waals surface area (Å²) in [5.41, 5.74) is 8.87. The van der Waals surface area contributed by atoms with E-state index in [4.69, 9.17) is 22.4 Å². The molecule has 0 amide bonds. The van der Waals surface area contributed by atoms with Gasteiger partial charge in [-0.3, -0.25) is 9.36 Å². The summed E-state index contributed by atoms with van der Waals surface area (Å²) >= 11 is 5.89. The molecule has 1 aliphatic rings. The number of hydrogen-bond donors (Lipinski definition) is 2. The Hall–Kier alpha value is -1.89. The van der Waals surface area contributed by atoms with Gasteiger partial charge in [0.25, 0.3) is 0 Å². The van der Waals surface area contributed by atoms with Gasteiger partial charge >= 0.3 is 0 Å². The second kappa shape index (κ2) is 8.00. The zero-order valence-electron chi connectivity index (χ0n) is 15.3. The summed E-state index contributed by atoms with van der Waals surface area (Å²) < 4.78 is 3.86. The van der Waals surface area contributed by atoms with Crippen molar-refractivity contribution in [2.24, 2.45) is 11.7 Å². The molecule has 2 heterocycles. The highest BCUT2D eigenvalue weighted by atomic mass is 35.5. The number of fused-ring (bicyclic) bond motifs is 1. The number of nitrogens with two attached hydrogens (primary N) is 1. The predicted molar refractivity (Wildman–Crippen MR) is 108 cm³/mol. The van der Waals surface area contributed by atoms with Gasteiger partial charge in [0.05, 0.1) is 30.4 Å². The van der Waals surface area contributed by atoms with Gasteiger partial charge in [-0.25, -0.2) is 0 Å². The van der Waals surface area contributed by atoms with Crippen molar-refractivity contribution in [3.63, 3.8) is 0 Å². The zero-order chi connectivity index (χ0) is 18.8. The molecule has 6 nitrogen and oxygen atoms in total. The van der Waals surface area contributed by atoms with E-state index in [0.29, 0.717) is 17.8 Å². The summed E-state index contributed by atoms with van der Waals surface area (Å²) in [4.78, 5) is 0. The molecule has 1 saturated carbocycles. The number of rotatable bonds is 6. The molecule has 4 rings (SSSR count). The second-order valence-electron chi connectivity index (χ2n) is 7.49. The van der Waals surface area contributed by atoms with Crippen molar-refractivity contribution in [3.8, 4) is 11.1 Å². The molecule has 7 heteroatoms. The molecular formula is C20H26ClN5O. The van der Waals surface area contributed by atoms with Crippen LogP contribution in [0, 0.1) is 5.92 Å². The van der Waals surface area contributed by atoms with Crippen molar-refractivity contribution in [3.05, 3.63) is 36.8 Å². The van der Waals surface area contributed by atoms with Gasteiger partial charge in [-0.2, -0.15) is 10.2 Å². The van der Waals surface area contributed by atoms with Crippen LogP contribution in [-0.2, 0) is 0 Å². The summed E-state index contributed by atoms with van der Waals surface area (Å²) in [5, 5.41) is 19.7. The highest BCUT2D eigenvalue weighted by Crippen LogP contribution is 2.33. The highest BCUT2D eigenvalue weighted by molar-refractivity contribution is 6.18. The van der Waals surface area contributed by atoms with Crippen molar-refractivity contribution in [2.75, 3.05) is 19.0 Å². The van der Waals surface area contributed by atoms with Crippen LogP contribution in [0.2, 0.25) is 0 Å². The second-order valence-corrected chi connectivity index (χ2v) is 7.80. The van der Waals surface area contributed by atoms with Crippen LogP contribution in [0.5, 0.6) is 0 Å². The maximum atomic E-state index is 9.39. The van der Waals surface area contributed by atoms with Crippen molar-refractivity contribution >= 4 is 22.5 Å². The monoisotopic (exact) mass is 387 g/mol. The maximum absolute atomic E-state index is 9.39. The normalized spacial score (nSPS) is 21.6. The van der Waals surface area contributed by atoms with Gasteiger partial charge < -0.3 is 10.8 Å². The molecule has 1 aliphatic carbocycles. The van der Waals surface area contributed by atoms with Gasteiger partial charge in [0.2, 0.25) is 0 Å².